The van der Waals surface area contributed by atoms with E-state index in [-0.39, 0.29) is 29.1 Å². The molecule has 0 radical (unpaired) electrons. The number of nitrogens with zero attached hydrogens (tertiary/aromatic N) is 1. The van der Waals surface area contributed by atoms with Crippen molar-refractivity contribution in [3.8, 4) is 0 Å². The minimum atomic E-state index is -0.353. The van der Waals surface area contributed by atoms with Crippen molar-refractivity contribution in [3.05, 3.63) is 75.3 Å². The third kappa shape index (κ3) is 3.29. The number of hydrogen-bond donors (Lipinski definition) is 1. The standard InChI is InChI=1S/C17H18N2O2.ClH/c18-17-14(10-12-4-2-1-3-5-12)7-6-13-8-9-15(19(20)21)11-16(13)17;/h1-5,8-9,11,14,17H,6-7,10,18H2;1H. The van der Waals surface area contributed by atoms with Crippen molar-refractivity contribution in [2.24, 2.45) is 11.7 Å². The van der Waals surface area contributed by atoms with Crippen LogP contribution in [0.3, 0.4) is 0 Å². The van der Waals surface area contributed by atoms with Crippen LogP contribution < -0.4 is 5.73 Å². The van der Waals surface area contributed by atoms with Crippen molar-refractivity contribution in [2.45, 2.75) is 25.3 Å². The smallest absolute Gasteiger partial charge is 0.269 e. The Balaban J connectivity index is 0.00000176. The van der Waals surface area contributed by atoms with Crippen molar-refractivity contribution in [1.82, 2.24) is 0 Å². The van der Waals surface area contributed by atoms with E-state index < -0.39 is 0 Å². The van der Waals surface area contributed by atoms with Crippen molar-refractivity contribution < 1.29 is 4.92 Å². The summed E-state index contributed by atoms with van der Waals surface area (Å²) in [5.41, 5.74) is 9.88. The maximum atomic E-state index is 10.9. The molecule has 1 aliphatic rings. The summed E-state index contributed by atoms with van der Waals surface area (Å²) in [5, 5.41) is 10.9. The van der Waals surface area contributed by atoms with Gasteiger partial charge in [-0.15, -0.1) is 12.4 Å². The Morgan fingerprint density at radius 2 is 1.91 bits per heavy atom. The van der Waals surface area contributed by atoms with Crippen molar-refractivity contribution in [1.29, 1.82) is 0 Å². The molecule has 0 fully saturated rings. The van der Waals surface area contributed by atoms with E-state index in [0.29, 0.717) is 5.92 Å². The van der Waals surface area contributed by atoms with E-state index in [9.17, 15) is 10.1 Å². The monoisotopic (exact) mass is 318 g/mol. The van der Waals surface area contributed by atoms with Gasteiger partial charge in [0.1, 0.15) is 0 Å². The van der Waals surface area contributed by atoms with Gasteiger partial charge in [-0.1, -0.05) is 36.4 Å². The normalized spacial score (nSPS) is 19.9. The zero-order valence-electron chi connectivity index (χ0n) is 12.1. The molecule has 0 spiro atoms. The van der Waals surface area contributed by atoms with E-state index in [2.05, 4.69) is 12.1 Å². The largest absolute Gasteiger partial charge is 0.324 e. The van der Waals surface area contributed by atoms with E-state index in [1.54, 1.807) is 12.1 Å². The van der Waals surface area contributed by atoms with Gasteiger partial charge in [0.15, 0.2) is 0 Å². The summed E-state index contributed by atoms with van der Waals surface area (Å²) in [6.45, 7) is 0. The van der Waals surface area contributed by atoms with Crippen LogP contribution in [-0.4, -0.2) is 4.92 Å². The van der Waals surface area contributed by atoms with Gasteiger partial charge < -0.3 is 5.73 Å². The number of nitro benzene ring substituents is 1. The number of nitro groups is 1. The molecule has 2 aromatic carbocycles. The molecule has 0 bridgehead atoms. The molecule has 0 heterocycles. The van der Waals surface area contributed by atoms with Gasteiger partial charge in [-0.25, -0.2) is 0 Å². The van der Waals surface area contributed by atoms with Crippen LogP contribution in [0.25, 0.3) is 0 Å². The van der Waals surface area contributed by atoms with Gasteiger partial charge in [0.05, 0.1) is 4.92 Å². The molecule has 2 aromatic rings. The first-order valence-corrected chi connectivity index (χ1v) is 7.22. The Morgan fingerprint density at radius 1 is 1.18 bits per heavy atom. The molecule has 0 saturated carbocycles. The van der Waals surface area contributed by atoms with Gasteiger partial charge >= 0.3 is 0 Å². The molecular formula is C17H19ClN2O2. The van der Waals surface area contributed by atoms with Crippen molar-refractivity contribution in [2.75, 3.05) is 0 Å². The van der Waals surface area contributed by atoms with E-state index in [4.69, 9.17) is 5.73 Å². The van der Waals surface area contributed by atoms with Crippen LogP contribution in [0.15, 0.2) is 48.5 Å². The zero-order chi connectivity index (χ0) is 14.8. The Morgan fingerprint density at radius 3 is 2.59 bits per heavy atom. The molecule has 0 saturated heterocycles. The third-order valence-corrected chi connectivity index (χ3v) is 4.33. The molecule has 4 nitrogen and oxygen atoms in total. The number of non-ortho nitro benzene ring substituents is 1. The van der Waals surface area contributed by atoms with Gasteiger partial charge in [0.25, 0.3) is 5.69 Å². The number of fused-ring (bicyclic) bond motifs is 1. The molecule has 3 rings (SSSR count). The molecule has 1 aliphatic carbocycles. The third-order valence-electron chi connectivity index (χ3n) is 4.33. The van der Waals surface area contributed by atoms with Gasteiger partial charge in [-0.05, 0) is 41.9 Å². The minimum absolute atomic E-state index is 0. The Bertz CT molecular complexity index is 661. The van der Waals surface area contributed by atoms with Crippen LogP contribution in [0, 0.1) is 16.0 Å². The molecule has 0 aromatic heterocycles. The second kappa shape index (κ2) is 6.90. The first-order chi connectivity index (χ1) is 10.1. The summed E-state index contributed by atoms with van der Waals surface area (Å²) < 4.78 is 0. The fourth-order valence-electron chi connectivity index (χ4n) is 3.15. The number of hydrogen-bond acceptors (Lipinski definition) is 3. The summed E-state index contributed by atoms with van der Waals surface area (Å²) in [4.78, 5) is 10.6. The summed E-state index contributed by atoms with van der Waals surface area (Å²) in [6, 6.07) is 15.2. The summed E-state index contributed by atoms with van der Waals surface area (Å²) in [6.07, 6.45) is 2.89. The molecule has 5 heteroatoms. The summed E-state index contributed by atoms with van der Waals surface area (Å²) >= 11 is 0. The zero-order valence-corrected chi connectivity index (χ0v) is 13.0. The van der Waals surface area contributed by atoms with Gasteiger partial charge in [0, 0.05) is 18.2 Å². The average Bonchev–Trinajstić information content (AvgIpc) is 2.51. The lowest BCUT2D eigenvalue weighted by Crippen LogP contribution is -2.28. The van der Waals surface area contributed by atoms with Crippen LogP contribution in [0.5, 0.6) is 0 Å². The average molecular weight is 319 g/mol. The van der Waals surface area contributed by atoms with E-state index in [1.807, 2.05) is 24.3 Å². The van der Waals surface area contributed by atoms with Crippen LogP contribution in [0.1, 0.15) is 29.2 Å². The summed E-state index contributed by atoms with van der Waals surface area (Å²) in [7, 11) is 0. The maximum Gasteiger partial charge on any atom is 0.269 e. The van der Waals surface area contributed by atoms with Gasteiger partial charge in [-0.3, -0.25) is 10.1 Å². The van der Waals surface area contributed by atoms with Crippen LogP contribution in [-0.2, 0) is 12.8 Å². The Hall–Kier alpha value is -1.91. The highest BCUT2D eigenvalue weighted by Crippen LogP contribution is 2.36. The first-order valence-electron chi connectivity index (χ1n) is 7.22. The molecule has 22 heavy (non-hydrogen) atoms. The lowest BCUT2D eigenvalue weighted by molar-refractivity contribution is -0.385. The predicted molar refractivity (Wildman–Crippen MR) is 89.2 cm³/mol. The number of rotatable bonds is 3. The molecule has 0 amide bonds. The number of nitrogens with two attached hydrogens (primary N) is 1. The molecular weight excluding hydrogens is 300 g/mol. The lowest BCUT2D eigenvalue weighted by atomic mass is 9.77. The molecule has 2 unspecified atom stereocenters. The molecule has 116 valence electrons. The molecule has 2 atom stereocenters. The number of halogens is 1. The van der Waals surface area contributed by atoms with Crippen LogP contribution >= 0.6 is 12.4 Å². The van der Waals surface area contributed by atoms with Crippen molar-refractivity contribution >= 4 is 18.1 Å². The maximum absolute atomic E-state index is 10.9. The fraction of sp³-hybridized carbons (Fsp3) is 0.294. The van der Waals surface area contributed by atoms with E-state index in [1.165, 1.54) is 5.56 Å². The lowest BCUT2D eigenvalue weighted by Gasteiger charge is -2.31. The first kappa shape index (κ1) is 16.5. The SMILES string of the molecule is Cl.NC1c2cc([N+](=O)[O-])ccc2CCC1Cc1ccccc1. The second-order valence-corrected chi connectivity index (χ2v) is 5.65. The Kier molecular flexibility index (Phi) is 5.16. The fourth-order valence-corrected chi connectivity index (χ4v) is 3.15. The number of aryl methyl sites for hydroxylation is 1. The van der Waals surface area contributed by atoms with Crippen molar-refractivity contribution in [3.63, 3.8) is 0 Å². The molecule has 0 aliphatic heterocycles. The van der Waals surface area contributed by atoms with Gasteiger partial charge in [0.2, 0.25) is 0 Å². The minimum Gasteiger partial charge on any atom is -0.324 e. The topological polar surface area (TPSA) is 69.2 Å². The van der Waals surface area contributed by atoms with Crippen LogP contribution in [0.4, 0.5) is 5.69 Å². The number of benzene rings is 2. The predicted octanol–water partition coefficient (Wildman–Crippen LogP) is 3.82. The summed E-state index contributed by atoms with van der Waals surface area (Å²) in [5.74, 6) is 0.335. The Labute approximate surface area is 135 Å². The quantitative estimate of drug-likeness (QED) is 0.691. The van der Waals surface area contributed by atoms with E-state index in [0.717, 1.165) is 30.4 Å². The molecule has 2 N–H and O–H groups in total. The van der Waals surface area contributed by atoms with Gasteiger partial charge in [-0.2, -0.15) is 0 Å². The van der Waals surface area contributed by atoms with Crippen LogP contribution in [0.2, 0.25) is 0 Å². The highest BCUT2D eigenvalue weighted by molar-refractivity contribution is 5.85. The van der Waals surface area contributed by atoms with E-state index >= 15 is 0 Å². The highest BCUT2D eigenvalue weighted by Gasteiger charge is 2.28. The highest BCUT2D eigenvalue weighted by atomic mass is 35.5. The second-order valence-electron chi connectivity index (χ2n) is 5.65.